The maximum Gasteiger partial charge on any atom is 0.255 e. The number of fused-ring (bicyclic) bond motifs is 1. The van der Waals surface area contributed by atoms with Crippen LogP contribution in [-0.4, -0.2) is 23.0 Å². The van der Waals surface area contributed by atoms with Gasteiger partial charge in [-0.15, -0.1) is 0 Å². The average Bonchev–Trinajstić information content (AvgIpc) is 3.05. The fraction of sp³-hybridized carbons (Fsp3) is 0.429. The van der Waals surface area contributed by atoms with Gasteiger partial charge in [-0.1, -0.05) is 30.5 Å². The van der Waals surface area contributed by atoms with Gasteiger partial charge in [0.15, 0.2) is 0 Å². The monoisotopic (exact) mass is 365 g/mol. The van der Waals surface area contributed by atoms with Crippen molar-refractivity contribution < 1.29 is 4.79 Å². The normalized spacial score (nSPS) is 21.5. The van der Waals surface area contributed by atoms with E-state index in [9.17, 15) is 4.79 Å². The zero-order valence-corrected chi connectivity index (χ0v) is 15.9. The quantitative estimate of drug-likeness (QED) is 0.667. The van der Waals surface area contributed by atoms with Crippen LogP contribution in [0, 0.1) is 13.8 Å². The van der Waals surface area contributed by atoms with Crippen LogP contribution in [0.3, 0.4) is 0 Å². The highest BCUT2D eigenvalue weighted by Gasteiger charge is 2.29. The molecule has 1 aliphatic heterocycles. The van der Waals surface area contributed by atoms with Gasteiger partial charge in [0, 0.05) is 24.3 Å². The van der Waals surface area contributed by atoms with Crippen molar-refractivity contribution in [3.05, 3.63) is 46.5 Å². The predicted octanol–water partition coefficient (Wildman–Crippen LogP) is 3.37. The lowest BCUT2D eigenvalue weighted by molar-refractivity contribution is 0.0966. The largest absolute Gasteiger partial charge is 0.365 e. The van der Waals surface area contributed by atoms with Crippen molar-refractivity contribution in [1.29, 1.82) is 0 Å². The summed E-state index contributed by atoms with van der Waals surface area (Å²) in [4.78, 5) is 17.2. The second kappa shape index (κ2) is 7.19. The number of nitrogens with one attached hydrogen (secondary N) is 3. The number of aromatic nitrogens is 1. The van der Waals surface area contributed by atoms with Crippen LogP contribution >= 0.6 is 0 Å². The number of nitrogens with two attached hydrogens (primary N) is 1. The van der Waals surface area contributed by atoms with Gasteiger partial charge in [0.2, 0.25) is 0 Å². The molecule has 1 saturated carbocycles. The molecular weight excluding hydrogens is 338 g/mol. The molecule has 2 heterocycles. The Labute approximate surface area is 159 Å². The van der Waals surface area contributed by atoms with Crippen LogP contribution in [0.1, 0.15) is 52.7 Å². The Bertz CT molecular complexity index is 862. The van der Waals surface area contributed by atoms with E-state index in [1.165, 1.54) is 18.4 Å². The molecule has 4 rings (SSSR count). The molecule has 0 bridgehead atoms. The summed E-state index contributed by atoms with van der Waals surface area (Å²) >= 11 is 0. The minimum Gasteiger partial charge on any atom is -0.365 e. The number of rotatable bonds is 4. The van der Waals surface area contributed by atoms with Crippen molar-refractivity contribution in [2.24, 2.45) is 5.73 Å². The standard InChI is InChI=1S/C21H27N5O/c1-12-7-9-14(10-8-12)24-20-18-15(11-23-21(18)27)13(2)19(26-20)25-17-6-4-3-5-16(17)22/h7-10,16-17H,3-6,11,22H2,1-2H3,(H,23,27)(H2,24,25,26)/t16-,17+/m0/s1. The summed E-state index contributed by atoms with van der Waals surface area (Å²) < 4.78 is 0. The van der Waals surface area contributed by atoms with Gasteiger partial charge < -0.3 is 21.7 Å². The average molecular weight is 365 g/mol. The summed E-state index contributed by atoms with van der Waals surface area (Å²) in [5.41, 5.74) is 11.1. The van der Waals surface area contributed by atoms with Gasteiger partial charge in [0.25, 0.3) is 5.91 Å². The van der Waals surface area contributed by atoms with Crippen molar-refractivity contribution in [2.75, 3.05) is 10.6 Å². The highest BCUT2D eigenvalue weighted by molar-refractivity contribution is 6.04. The Kier molecular flexibility index (Phi) is 4.74. The zero-order valence-electron chi connectivity index (χ0n) is 15.9. The Morgan fingerprint density at radius 1 is 1.11 bits per heavy atom. The Morgan fingerprint density at radius 3 is 2.59 bits per heavy atom. The van der Waals surface area contributed by atoms with E-state index < -0.39 is 0 Å². The third-order valence-electron chi connectivity index (χ3n) is 5.68. The molecule has 27 heavy (non-hydrogen) atoms. The zero-order chi connectivity index (χ0) is 19.0. The SMILES string of the molecule is Cc1ccc(Nc2nc(N[C@@H]3CCCC[C@@H]3N)c(C)c3c2C(=O)NC3)cc1. The molecule has 1 aromatic carbocycles. The van der Waals surface area contributed by atoms with Gasteiger partial charge in [-0.3, -0.25) is 4.79 Å². The van der Waals surface area contributed by atoms with Crippen molar-refractivity contribution in [3.63, 3.8) is 0 Å². The molecule has 1 amide bonds. The first-order valence-corrected chi connectivity index (χ1v) is 9.70. The van der Waals surface area contributed by atoms with Crippen LogP contribution in [0.2, 0.25) is 0 Å². The number of aryl methyl sites for hydroxylation is 1. The van der Waals surface area contributed by atoms with E-state index in [1.807, 2.05) is 31.2 Å². The maximum absolute atomic E-state index is 12.4. The van der Waals surface area contributed by atoms with Gasteiger partial charge in [-0.05, 0) is 49.9 Å². The molecule has 1 aromatic heterocycles. The van der Waals surface area contributed by atoms with Crippen molar-refractivity contribution >= 4 is 23.2 Å². The van der Waals surface area contributed by atoms with E-state index in [4.69, 9.17) is 10.7 Å². The number of carbonyl (C=O) groups is 1. The number of pyridine rings is 1. The van der Waals surface area contributed by atoms with E-state index >= 15 is 0 Å². The van der Waals surface area contributed by atoms with Gasteiger partial charge in [0.1, 0.15) is 11.6 Å². The topological polar surface area (TPSA) is 92.1 Å². The molecule has 6 nitrogen and oxygen atoms in total. The minimum atomic E-state index is -0.0730. The molecule has 1 fully saturated rings. The number of nitrogens with zero attached hydrogens (tertiary/aromatic N) is 1. The highest BCUT2D eigenvalue weighted by atomic mass is 16.1. The van der Waals surface area contributed by atoms with Crippen molar-refractivity contribution in [1.82, 2.24) is 10.3 Å². The number of hydrogen-bond donors (Lipinski definition) is 4. The summed E-state index contributed by atoms with van der Waals surface area (Å²) in [5.74, 6) is 1.35. The Hall–Kier alpha value is -2.60. The fourth-order valence-electron chi connectivity index (χ4n) is 3.97. The van der Waals surface area contributed by atoms with E-state index in [2.05, 4.69) is 22.9 Å². The molecule has 0 radical (unpaired) electrons. The smallest absolute Gasteiger partial charge is 0.255 e. The summed E-state index contributed by atoms with van der Waals surface area (Å²) in [6.45, 7) is 4.61. The lowest BCUT2D eigenvalue weighted by Gasteiger charge is -2.30. The van der Waals surface area contributed by atoms with E-state index in [-0.39, 0.29) is 18.0 Å². The number of hydrogen-bond acceptors (Lipinski definition) is 5. The Morgan fingerprint density at radius 2 is 1.85 bits per heavy atom. The summed E-state index contributed by atoms with van der Waals surface area (Å²) in [7, 11) is 0. The predicted molar refractivity (Wildman–Crippen MR) is 108 cm³/mol. The van der Waals surface area contributed by atoms with Crippen LogP contribution in [-0.2, 0) is 6.54 Å². The van der Waals surface area contributed by atoms with Crippen molar-refractivity contribution in [2.45, 2.75) is 58.2 Å². The van der Waals surface area contributed by atoms with Crippen LogP contribution in [0.25, 0.3) is 0 Å². The molecule has 5 N–H and O–H groups in total. The number of benzene rings is 1. The third kappa shape index (κ3) is 3.49. The lowest BCUT2D eigenvalue weighted by atomic mass is 9.91. The first kappa shape index (κ1) is 17.8. The molecule has 0 spiro atoms. The van der Waals surface area contributed by atoms with E-state index in [0.29, 0.717) is 17.9 Å². The summed E-state index contributed by atoms with van der Waals surface area (Å²) in [5, 5.41) is 9.83. The molecule has 2 aromatic rings. The number of amides is 1. The molecule has 1 aliphatic carbocycles. The second-order valence-electron chi connectivity index (χ2n) is 7.66. The second-order valence-corrected chi connectivity index (χ2v) is 7.66. The van der Waals surface area contributed by atoms with Gasteiger partial charge >= 0.3 is 0 Å². The minimum absolute atomic E-state index is 0.0730. The number of carbonyl (C=O) groups excluding carboxylic acids is 1. The van der Waals surface area contributed by atoms with Gasteiger partial charge in [-0.2, -0.15) is 0 Å². The summed E-state index contributed by atoms with van der Waals surface area (Å²) in [6, 6.07) is 8.44. The van der Waals surface area contributed by atoms with Crippen LogP contribution < -0.4 is 21.7 Å². The molecule has 2 atom stereocenters. The van der Waals surface area contributed by atoms with Gasteiger partial charge in [-0.25, -0.2) is 4.98 Å². The van der Waals surface area contributed by atoms with Gasteiger partial charge in [0.05, 0.1) is 5.56 Å². The van der Waals surface area contributed by atoms with E-state index in [1.54, 1.807) is 0 Å². The molecular formula is C21H27N5O. The molecule has 0 saturated heterocycles. The highest BCUT2D eigenvalue weighted by Crippen LogP contribution is 2.33. The molecule has 2 aliphatic rings. The third-order valence-corrected chi connectivity index (χ3v) is 5.68. The summed E-state index contributed by atoms with van der Waals surface area (Å²) in [6.07, 6.45) is 4.46. The number of anilines is 3. The van der Waals surface area contributed by atoms with Crippen molar-refractivity contribution in [3.8, 4) is 0 Å². The van der Waals surface area contributed by atoms with Crippen LogP contribution in [0.5, 0.6) is 0 Å². The maximum atomic E-state index is 12.4. The molecule has 0 unspecified atom stereocenters. The molecule has 142 valence electrons. The Balaban J connectivity index is 1.70. The lowest BCUT2D eigenvalue weighted by Crippen LogP contribution is -2.43. The molecule has 6 heteroatoms. The van der Waals surface area contributed by atoms with Crippen LogP contribution in [0.15, 0.2) is 24.3 Å². The first-order chi connectivity index (χ1) is 13.0. The fourth-order valence-corrected chi connectivity index (χ4v) is 3.97. The van der Waals surface area contributed by atoms with E-state index in [0.717, 1.165) is 35.5 Å². The first-order valence-electron chi connectivity index (χ1n) is 9.70. The van der Waals surface area contributed by atoms with Crippen LogP contribution in [0.4, 0.5) is 17.3 Å².